The Morgan fingerprint density at radius 1 is 1.19 bits per heavy atom. The molecule has 0 saturated heterocycles. The van der Waals surface area contributed by atoms with E-state index >= 15 is 0 Å². The lowest BCUT2D eigenvalue weighted by molar-refractivity contribution is -0.141. The first-order valence-corrected chi connectivity index (χ1v) is 7.34. The fourth-order valence-corrected chi connectivity index (χ4v) is 2.79. The lowest BCUT2D eigenvalue weighted by Gasteiger charge is -2.28. The summed E-state index contributed by atoms with van der Waals surface area (Å²) >= 11 is 0. The summed E-state index contributed by atoms with van der Waals surface area (Å²) < 4.78 is 38.0. The molecule has 3 N–H and O–H groups in total. The van der Waals surface area contributed by atoms with Crippen LogP contribution in [0.25, 0.3) is 0 Å². The largest absolute Gasteiger partial charge is 0.433 e. The normalized spacial score (nSPS) is 23.0. The van der Waals surface area contributed by atoms with Crippen LogP contribution in [0.15, 0.2) is 6.07 Å². The quantitative estimate of drug-likeness (QED) is 0.890. The number of alkyl halides is 3. The first-order valence-electron chi connectivity index (χ1n) is 7.34. The molecular formula is C14H21F3N4. The number of nitrogens with one attached hydrogen (secondary N) is 1. The zero-order chi connectivity index (χ0) is 15.5. The van der Waals surface area contributed by atoms with Crippen molar-refractivity contribution in [2.45, 2.75) is 45.2 Å². The Morgan fingerprint density at radius 2 is 1.81 bits per heavy atom. The van der Waals surface area contributed by atoms with Crippen LogP contribution >= 0.6 is 0 Å². The van der Waals surface area contributed by atoms with Gasteiger partial charge in [0, 0.05) is 12.6 Å². The summed E-state index contributed by atoms with van der Waals surface area (Å²) in [7, 11) is 0. The Balaban J connectivity index is 1.93. The van der Waals surface area contributed by atoms with Crippen LogP contribution in [0.4, 0.5) is 24.9 Å². The highest BCUT2D eigenvalue weighted by atomic mass is 19.4. The summed E-state index contributed by atoms with van der Waals surface area (Å²) in [5.74, 6) is 1.07. The van der Waals surface area contributed by atoms with E-state index in [9.17, 15) is 13.2 Å². The number of aromatic nitrogens is 2. The molecular weight excluding hydrogens is 281 g/mol. The minimum atomic E-state index is -4.51. The number of nitrogens with zero attached hydrogens (tertiary/aromatic N) is 2. The third-order valence-corrected chi connectivity index (χ3v) is 4.15. The van der Waals surface area contributed by atoms with Crippen LogP contribution in [0.5, 0.6) is 0 Å². The van der Waals surface area contributed by atoms with Gasteiger partial charge in [-0.15, -0.1) is 0 Å². The third-order valence-electron chi connectivity index (χ3n) is 4.15. The summed E-state index contributed by atoms with van der Waals surface area (Å²) in [6.07, 6.45) is 1.31. The average molecular weight is 302 g/mol. The maximum atomic E-state index is 12.7. The maximum Gasteiger partial charge on any atom is 0.433 e. The number of nitrogens with two attached hydrogens (primary N) is 1. The van der Waals surface area contributed by atoms with Gasteiger partial charge in [-0.2, -0.15) is 18.2 Å². The van der Waals surface area contributed by atoms with E-state index in [-0.39, 0.29) is 11.8 Å². The Labute approximate surface area is 122 Å². The summed E-state index contributed by atoms with van der Waals surface area (Å²) in [6, 6.07) is 0.911. The van der Waals surface area contributed by atoms with Crippen molar-refractivity contribution >= 4 is 11.8 Å². The van der Waals surface area contributed by atoms with Crippen molar-refractivity contribution in [3.63, 3.8) is 0 Å². The molecule has 0 amide bonds. The van der Waals surface area contributed by atoms with Gasteiger partial charge in [0.2, 0.25) is 5.95 Å². The van der Waals surface area contributed by atoms with E-state index in [4.69, 9.17) is 5.73 Å². The minimum Gasteiger partial charge on any atom is -0.370 e. The van der Waals surface area contributed by atoms with Crippen molar-refractivity contribution in [2.24, 2.45) is 11.8 Å². The van der Waals surface area contributed by atoms with Gasteiger partial charge >= 0.3 is 6.18 Å². The zero-order valence-corrected chi connectivity index (χ0v) is 12.1. The summed E-state index contributed by atoms with van der Waals surface area (Å²) in [5.41, 5.74) is 4.33. The number of nitrogen functional groups attached to an aromatic ring is 1. The number of halogens is 3. The molecule has 1 saturated carbocycles. The monoisotopic (exact) mass is 302 g/mol. The van der Waals surface area contributed by atoms with E-state index in [2.05, 4.69) is 22.2 Å². The van der Waals surface area contributed by atoms with Crippen LogP contribution < -0.4 is 11.1 Å². The van der Waals surface area contributed by atoms with Gasteiger partial charge in [-0.25, -0.2) is 4.98 Å². The molecule has 0 aliphatic heterocycles. The second-order valence-corrected chi connectivity index (χ2v) is 5.67. The van der Waals surface area contributed by atoms with Crippen molar-refractivity contribution in [3.05, 3.63) is 11.8 Å². The molecule has 1 aromatic rings. The molecule has 0 radical (unpaired) electrons. The van der Waals surface area contributed by atoms with Gasteiger partial charge in [-0.1, -0.05) is 26.2 Å². The first kappa shape index (κ1) is 15.9. The summed E-state index contributed by atoms with van der Waals surface area (Å²) in [6.45, 7) is 2.83. The van der Waals surface area contributed by atoms with Crippen LogP contribution in [0.3, 0.4) is 0 Å². The first-order chi connectivity index (χ1) is 9.88. The predicted molar refractivity (Wildman–Crippen MR) is 75.7 cm³/mol. The summed E-state index contributed by atoms with van der Waals surface area (Å²) in [4.78, 5) is 7.04. The molecule has 0 bridgehead atoms. The molecule has 2 rings (SSSR count). The fourth-order valence-electron chi connectivity index (χ4n) is 2.79. The van der Waals surface area contributed by atoms with Crippen LogP contribution in [0, 0.1) is 11.8 Å². The number of rotatable bonds is 4. The molecule has 0 atom stereocenters. The molecule has 1 aromatic heterocycles. The highest BCUT2D eigenvalue weighted by Gasteiger charge is 2.33. The standard InChI is InChI=1S/C14H21F3N4/c1-2-9-3-5-10(6-4-9)8-19-12-7-11(14(15,16)17)20-13(18)21-12/h7,9-10H,2-6,8H2,1H3,(H3,18,19,20,21). The van der Waals surface area contributed by atoms with Crippen LogP contribution in [-0.4, -0.2) is 16.5 Å². The smallest absolute Gasteiger partial charge is 0.370 e. The minimum absolute atomic E-state index is 0.146. The van der Waals surface area contributed by atoms with Crippen molar-refractivity contribution in [2.75, 3.05) is 17.6 Å². The van der Waals surface area contributed by atoms with Gasteiger partial charge in [0.1, 0.15) is 5.82 Å². The highest BCUT2D eigenvalue weighted by molar-refractivity contribution is 5.41. The van der Waals surface area contributed by atoms with Gasteiger partial charge in [0.25, 0.3) is 0 Å². The molecule has 7 heteroatoms. The van der Waals surface area contributed by atoms with Gasteiger partial charge in [0.05, 0.1) is 0 Å². The molecule has 0 aromatic carbocycles. The van der Waals surface area contributed by atoms with Crippen molar-refractivity contribution < 1.29 is 13.2 Å². The third kappa shape index (κ3) is 4.47. The van der Waals surface area contributed by atoms with Gasteiger partial charge in [0.15, 0.2) is 5.69 Å². The number of hydrogen-bond donors (Lipinski definition) is 2. The number of hydrogen-bond acceptors (Lipinski definition) is 4. The predicted octanol–water partition coefficient (Wildman–Crippen LogP) is 3.71. The Kier molecular flexibility index (Phi) is 4.90. The highest BCUT2D eigenvalue weighted by Crippen LogP contribution is 2.32. The summed E-state index contributed by atoms with van der Waals surface area (Å²) in [5, 5.41) is 2.97. The lowest BCUT2D eigenvalue weighted by atomic mass is 9.81. The van der Waals surface area contributed by atoms with Crippen LogP contribution in [-0.2, 0) is 6.18 Å². The SMILES string of the molecule is CCC1CCC(CNc2cc(C(F)(F)F)nc(N)n2)CC1. The molecule has 1 aliphatic rings. The van der Waals surface area contributed by atoms with E-state index < -0.39 is 11.9 Å². The lowest BCUT2D eigenvalue weighted by Crippen LogP contribution is -2.22. The Morgan fingerprint density at radius 3 is 2.38 bits per heavy atom. The molecule has 0 unspecified atom stereocenters. The Bertz CT molecular complexity index is 468. The zero-order valence-electron chi connectivity index (χ0n) is 12.1. The Hall–Kier alpha value is -1.53. The number of anilines is 2. The van der Waals surface area contributed by atoms with Crippen LogP contribution in [0.2, 0.25) is 0 Å². The molecule has 1 aliphatic carbocycles. The van der Waals surface area contributed by atoms with E-state index in [1.807, 2.05) is 0 Å². The molecule has 21 heavy (non-hydrogen) atoms. The van der Waals surface area contributed by atoms with E-state index in [1.165, 1.54) is 19.3 Å². The van der Waals surface area contributed by atoms with Crippen molar-refractivity contribution in [1.29, 1.82) is 0 Å². The maximum absolute atomic E-state index is 12.7. The van der Waals surface area contributed by atoms with E-state index in [0.717, 1.165) is 24.8 Å². The average Bonchev–Trinajstić information content (AvgIpc) is 2.44. The van der Waals surface area contributed by atoms with Gasteiger partial charge in [-0.3, -0.25) is 0 Å². The van der Waals surface area contributed by atoms with Crippen molar-refractivity contribution in [1.82, 2.24) is 9.97 Å². The topological polar surface area (TPSA) is 63.8 Å². The molecule has 1 heterocycles. The molecule has 118 valence electrons. The van der Waals surface area contributed by atoms with Crippen molar-refractivity contribution in [3.8, 4) is 0 Å². The second-order valence-electron chi connectivity index (χ2n) is 5.67. The van der Waals surface area contributed by atoms with E-state index in [0.29, 0.717) is 12.5 Å². The molecule has 4 nitrogen and oxygen atoms in total. The molecule has 1 fully saturated rings. The van der Waals surface area contributed by atoms with Crippen LogP contribution in [0.1, 0.15) is 44.7 Å². The molecule has 0 spiro atoms. The van der Waals surface area contributed by atoms with Gasteiger partial charge < -0.3 is 11.1 Å². The second kappa shape index (κ2) is 6.49. The van der Waals surface area contributed by atoms with Gasteiger partial charge in [-0.05, 0) is 24.7 Å². The fraction of sp³-hybridized carbons (Fsp3) is 0.714. The van der Waals surface area contributed by atoms with E-state index in [1.54, 1.807) is 0 Å².